The van der Waals surface area contributed by atoms with E-state index in [0.29, 0.717) is 5.56 Å². The number of pyridine rings is 1. The minimum Gasteiger partial charge on any atom is -0.292 e. The summed E-state index contributed by atoms with van der Waals surface area (Å²) in [5.74, 6) is -0.514. The average molecular weight is 240 g/mol. The van der Waals surface area contributed by atoms with Gasteiger partial charge in [0.1, 0.15) is 11.1 Å². The average Bonchev–Trinajstić information content (AvgIpc) is 2.15. The first-order valence-corrected chi connectivity index (χ1v) is 6.49. The van der Waals surface area contributed by atoms with E-state index in [0.717, 1.165) is 0 Å². The topological polar surface area (TPSA) is 76.1 Å². The number of ketones is 1. The monoisotopic (exact) mass is 240 g/mol. The van der Waals surface area contributed by atoms with Gasteiger partial charge in [0.25, 0.3) is 0 Å². The fourth-order valence-corrected chi connectivity index (χ4v) is 3.52. The van der Waals surface area contributed by atoms with Gasteiger partial charge < -0.3 is 0 Å². The molecule has 0 aliphatic carbocycles. The van der Waals surface area contributed by atoms with Gasteiger partial charge in [0.05, 0.1) is 5.56 Å². The van der Waals surface area contributed by atoms with Gasteiger partial charge >= 0.3 is 0 Å². The number of rotatable bonds is 1. The van der Waals surface area contributed by atoms with Gasteiger partial charge in [-0.2, -0.15) is 0 Å². The van der Waals surface area contributed by atoms with E-state index in [-0.39, 0.29) is 17.5 Å². The molecule has 0 bridgehead atoms. The van der Waals surface area contributed by atoms with E-state index < -0.39 is 15.3 Å². The van der Waals surface area contributed by atoms with Crippen molar-refractivity contribution < 1.29 is 13.2 Å². The quantitative estimate of drug-likeness (QED) is 0.795. The van der Waals surface area contributed by atoms with E-state index in [2.05, 4.69) is 9.71 Å². The largest absolute Gasteiger partial charge is 0.292 e. The van der Waals surface area contributed by atoms with Crippen LogP contribution in [-0.4, -0.2) is 24.4 Å². The van der Waals surface area contributed by atoms with Crippen molar-refractivity contribution in [1.29, 1.82) is 0 Å². The number of carbonyl (C=O) groups is 1. The molecule has 0 spiro atoms. The smallest absolute Gasteiger partial charge is 0.244 e. The molecule has 16 heavy (non-hydrogen) atoms. The Balaban J connectivity index is 2.61. The van der Waals surface area contributed by atoms with Crippen LogP contribution in [0.25, 0.3) is 0 Å². The minimum atomic E-state index is -3.65. The van der Waals surface area contributed by atoms with Gasteiger partial charge in [0.2, 0.25) is 10.0 Å². The molecule has 1 aromatic rings. The van der Waals surface area contributed by atoms with Crippen LogP contribution >= 0.6 is 0 Å². The highest BCUT2D eigenvalue weighted by atomic mass is 32.2. The maximum absolute atomic E-state index is 12.0. The van der Waals surface area contributed by atoms with E-state index in [4.69, 9.17) is 0 Å². The van der Waals surface area contributed by atoms with Crippen LogP contribution in [0.1, 0.15) is 24.2 Å². The Morgan fingerprint density at radius 1 is 1.44 bits per heavy atom. The second-order valence-corrected chi connectivity index (χ2v) is 5.88. The van der Waals surface area contributed by atoms with Gasteiger partial charge in [-0.1, -0.05) is 13.8 Å². The molecule has 1 aliphatic rings. The number of anilines is 1. The second-order valence-electron chi connectivity index (χ2n) is 4.08. The molecule has 1 unspecified atom stereocenters. The molecule has 0 amide bonds. The van der Waals surface area contributed by atoms with Crippen LogP contribution in [-0.2, 0) is 10.0 Å². The Morgan fingerprint density at radius 2 is 2.12 bits per heavy atom. The lowest BCUT2D eigenvalue weighted by Gasteiger charge is -2.26. The number of hydrogen-bond donors (Lipinski definition) is 1. The van der Waals surface area contributed by atoms with Crippen molar-refractivity contribution in [3.8, 4) is 0 Å². The third kappa shape index (κ3) is 1.59. The number of Topliss-reactive ketones (excluding diaryl/α,β-unsaturated/α-hetero) is 1. The number of nitrogens with one attached hydrogen (secondary N) is 1. The number of sulfonamides is 1. The Morgan fingerprint density at radius 3 is 2.75 bits per heavy atom. The summed E-state index contributed by atoms with van der Waals surface area (Å²) in [7, 11) is -3.65. The predicted molar refractivity (Wildman–Crippen MR) is 59.7 cm³/mol. The van der Waals surface area contributed by atoms with Crippen molar-refractivity contribution in [2.75, 3.05) is 4.72 Å². The summed E-state index contributed by atoms with van der Waals surface area (Å²) in [4.78, 5) is 15.9. The molecule has 1 N–H and O–H groups in total. The van der Waals surface area contributed by atoms with E-state index in [1.165, 1.54) is 6.20 Å². The molecule has 0 saturated carbocycles. The van der Waals surface area contributed by atoms with E-state index in [9.17, 15) is 13.2 Å². The Bertz CT molecular complexity index is 537. The van der Waals surface area contributed by atoms with E-state index in [1.807, 2.05) is 0 Å². The first kappa shape index (κ1) is 11.1. The summed E-state index contributed by atoms with van der Waals surface area (Å²) in [5, 5.41) is -1.02. The molecule has 2 rings (SSSR count). The zero-order valence-electron chi connectivity index (χ0n) is 8.97. The van der Waals surface area contributed by atoms with Gasteiger partial charge in [-0.15, -0.1) is 0 Å². The zero-order valence-corrected chi connectivity index (χ0v) is 9.78. The highest BCUT2D eigenvalue weighted by molar-refractivity contribution is 7.94. The van der Waals surface area contributed by atoms with Gasteiger partial charge in [-0.3, -0.25) is 9.52 Å². The van der Waals surface area contributed by atoms with Gasteiger partial charge in [-0.05, 0) is 18.1 Å². The second kappa shape index (κ2) is 3.55. The highest BCUT2D eigenvalue weighted by Crippen LogP contribution is 2.28. The van der Waals surface area contributed by atoms with Crippen molar-refractivity contribution in [1.82, 2.24) is 4.98 Å². The van der Waals surface area contributed by atoms with E-state index >= 15 is 0 Å². The summed E-state index contributed by atoms with van der Waals surface area (Å²) >= 11 is 0. The Kier molecular flexibility index (Phi) is 2.46. The third-order valence-corrected chi connectivity index (χ3v) is 4.42. The molecule has 2 heterocycles. The van der Waals surface area contributed by atoms with E-state index in [1.54, 1.807) is 26.0 Å². The number of aromatic nitrogens is 1. The molecule has 0 radical (unpaired) electrons. The SMILES string of the molecule is CC(C)C1C(=O)c2cccnc2NS1(=O)=O. The molecule has 5 nitrogen and oxygen atoms in total. The molecule has 86 valence electrons. The van der Waals surface area contributed by atoms with Gasteiger partial charge in [0.15, 0.2) is 5.78 Å². The van der Waals surface area contributed by atoms with Crippen molar-refractivity contribution in [2.45, 2.75) is 19.1 Å². The summed E-state index contributed by atoms with van der Waals surface area (Å²) in [6.07, 6.45) is 1.45. The van der Waals surface area contributed by atoms with Crippen LogP contribution in [0.3, 0.4) is 0 Å². The third-order valence-electron chi connectivity index (χ3n) is 2.51. The fraction of sp³-hybridized carbons (Fsp3) is 0.400. The predicted octanol–water partition coefficient (Wildman–Crippen LogP) is 1.04. The van der Waals surface area contributed by atoms with Crippen LogP contribution in [0, 0.1) is 5.92 Å². The van der Waals surface area contributed by atoms with Crippen molar-refractivity contribution >= 4 is 21.6 Å². The summed E-state index contributed by atoms with van der Waals surface area (Å²) < 4.78 is 26.0. The first-order valence-electron chi connectivity index (χ1n) is 4.94. The van der Waals surface area contributed by atoms with Crippen molar-refractivity contribution in [3.63, 3.8) is 0 Å². The lowest BCUT2D eigenvalue weighted by molar-refractivity contribution is 0.0971. The zero-order chi connectivity index (χ0) is 11.9. The van der Waals surface area contributed by atoms with Crippen LogP contribution in [0.2, 0.25) is 0 Å². The number of hydrogen-bond acceptors (Lipinski definition) is 4. The summed E-state index contributed by atoms with van der Waals surface area (Å²) in [6, 6.07) is 3.20. The molecular formula is C10H12N2O3S. The van der Waals surface area contributed by atoms with Gasteiger partial charge in [-0.25, -0.2) is 13.4 Å². The Labute approximate surface area is 93.9 Å². The summed E-state index contributed by atoms with van der Waals surface area (Å²) in [6.45, 7) is 3.42. The molecule has 1 atom stereocenters. The maximum atomic E-state index is 12.0. The summed E-state index contributed by atoms with van der Waals surface area (Å²) in [5.41, 5.74) is 0.344. The van der Waals surface area contributed by atoms with Crippen molar-refractivity contribution in [3.05, 3.63) is 23.9 Å². The van der Waals surface area contributed by atoms with Crippen molar-refractivity contribution in [2.24, 2.45) is 5.92 Å². The number of fused-ring (bicyclic) bond motifs is 1. The lowest BCUT2D eigenvalue weighted by atomic mass is 10.0. The molecular weight excluding hydrogens is 228 g/mol. The maximum Gasteiger partial charge on any atom is 0.244 e. The highest BCUT2D eigenvalue weighted by Gasteiger charge is 2.41. The molecule has 0 aromatic carbocycles. The standard InChI is InChI=1S/C10H12N2O3S/c1-6(2)9-8(13)7-4-3-5-11-10(7)12-16(9,14)15/h3-6,9H,1-2H3,(H,11,12). The Hall–Kier alpha value is -1.43. The van der Waals surface area contributed by atoms with Crippen LogP contribution in [0.4, 0.5) is 5.82 Å². The van der Waals surface area contributed by atoms with Crippen LogP contribution < -0.4 is 4.72 Å². The minimum absolute atomic E-state index is 0.129. The molecule has 0 fully saturated rings. The normalized spacial score (nSPS) is 22.7. The first-order chi connectivity index (χ1) is 7.43. The number of carbonyl (C=O) groups excluding carboxylic acids is 1. The molecule has 6 heteroatoms. The fourth-order valence-electron chi connectivity index (χ4n) is 1.84. The molecule has 0 saturated heterocycles. The lowest BCUT2D eigenvalue weighted by Crippen LogP contribution is -2.43. The van der Waals surface area contributed by atoms with Crippen LogP contribution in [0.5, 0.6) is 0 Å². The van der Waals surface area contributed by atoms with Gasteiger partial charge in [0, 0.05) is 6.20 Å². The number of nitrogens with zero attached hydrogens (tertiary/aromatic N) is 1. The molecule has 1 aromatic heterocycles. The molecule has 1 aliphatic heterocycles. The van der Waals surface area contributed by atoms with Crippen LogP contribution in [0.15, 0.2) is 18.3 Å².